The number of aromatic nitrogens is 3. The predicted octanol–water partition coefficient (Wildman–Crippen LogP) is 4.32. The van der Waals surface area contributed by atoms with E-state index >= 15 is 0 Å². The largest absolute Gasteiger partial charge is 0.373 e. The van der Waals surface area contributed by atoms with Gasteiger partial charge in [0.15, 0.2) is 5.65 Å². The van der Waals surface area contributed by atoms with E-state index < -0.39 is 11.6 Å². The van der Waals surface area contributed by atoms with Gasteiger partial charge in [0.05, 0.1) is 12.2 Å². The monoisotopic (exact) mass is 438 g/mol. The second-order valence-electron chi connectivity index (χ2n) is 5.53. The highest BCUT2D eigenvalue weighted by molar-refractivity contribution is 14.1. The first-order valence-corrected chi connectivity index (χ1v) is 8.29. The highest BCUT2D eigenvalue weighted by atomic mass is 127. The third-order valence-corrected chi connectivity index (χ3v) is 4.91. The average molecular weight is 438 g/mol. The normalized spacial score (nSPS) is 11.7. The maximum Gasteiger partial charge on any atom is 0.373 e. The SMILES string of the molecule is Cc1cccc(I)c1Cn1nc(C)c2ccc(C(F)(F)C#N)nc21. The molecule has 0 amide bonds. The predicted molar refractivity (Wildman–Crippen MR) is 94.8 cm³/mol. The zero-order valence-electron chi connectivity index (χ0n) is 13.0. The molecule has 3 aromatic rings. The van der Waals surface area contributed by atoms with Crippen LogP contribution in [0, 0.1) is 28.7 Å². The molecule has 0 saturated heterocycles. The Morgan fingerprint density at radius 3 is 2.67 bits per heavy atom. The first-order chi connectivity index (χ1) is 11.3. The lowest BCUT2D eigenvalue weighted by atomic mass is 10.1. The molecule has 24 heavy (non-hydrogen) atoms. The number of pyridine rings is 1. The van der Waals surface area contributed by atoms with Crippen LogP contribution < -0.4 is 0 Å². The molecule has 7 heteroatoms. The van der Waals surface area contributed by atoms with Gasteiger partial charge >= 0.3 is 5.92 Å². The van der Waals surface area contributed by atoms with E-state index in [1.54, 1.807) is 10.7 Å². The van der Waals surface area contributed by atoms with E-state index in [0.29, 0.717) is 23.3 Å². The second-order valence-corrected chi connectivity index (χ2v) is 6.69. The quantitative estimate of drug-likeness (QED) is 0.573. The van der Waals surface area contributed by atoms with Gasteiger partial charge in [0.1, 0.15) is 11.8 Å². The molecule has 0 N–H and O–H groups in total. The lowest BCUT2D eigenvalue weighted by molar-refractivity contribution is 0.0566. The number of rotatable bonds is 3. The molecule has 0 aliphatic carbocycles. The highest BCUT2D eigenvalue weighted by Gasteiger charge is 2.33. The van der Waals surface area contributed by atoms with Gasteiger partial charge in [0.25, 0.3) is 0 Å². The fourth-order valence-electron chi connectivity index (χ4n) is 2.57. The third-order valence-electron chi connectivity index (χ3n) is 3.90. The molecular formula is C17H13F2IN4. The Balaban J connectivity index is 2.15. The molecule has 0 unspecified atom stereocenters. The molecule has 1 aromatic carbocycles. The molecule has 0 radical (unpaired) electrons. The standard InChI is InChI=1S/C17H13F2IN4/c1-10-4-3-5-14(20)13(10)8-24-16-12(11(2)23-24)6-7-15(22-16)17(18,19)9-21/h3-7H,8H2,1-2H3. The first kappa shape index (κ1) is 16.8. The van der Waals surface area contributed by atoms with Gasteiger partial charge in [-0.1, -0.05) is 12.1 Å². The lowest BCUT2D eigenvalue weighted by Crippen LogP contribution is -2.13. The van der Waals surface area contributed by atoms with Gasteiger partial charge in [0, 0.05) is 8.96 Å². The Morgan fingerprint density at radius 1 is 1.25 bits per heavy atom. The molecule has 0 bridgehead atoms. The molecule has 0 spiro atoms. The van der Waals surface area contributed by atoms with Crippen molar-refractivity contribution >= 4 is 33.6 Å². The maximum absolute atomic E-state index is 13.7. The highest BCUT2D eigenvalue weighted by Crippen LogP contribution is 2.28. The lowest BCUT2D eigenvalue weighted by Gasteiger charge is -2.10. The topological polar surface area (TPSA) is 54.5 Å². The number of alkyl halides is 2. The van der Waals surface area contributed by atoms with E-state index in [4.69, 9.17) is 5.26 Å². The van der Waals surface area contributed by atoms with Gasteiger partial charge in [-0.05, 0) is 65.8 Å². The van der Waals surface area contributed by atoms with Gasteiger partial charge in [-0.3, -0.25) is 0 Å². The summed E-state index contributed by atoms with van der Waals surface area (Å²) in [5.41, 5.74) is 2.69. The summed E-state index contributed by atoms with van der Waals surface area (Å²) in [4.78, 5) is 4.02. The second kappa shape index (κ2) is 6.09. The molecule has 2 aromatic heterocycles. The number of nitrogens with zero attached hydrogens (tertiary/aromatic N) is 4. The van der Waals surface area contributed by atoms with Gasteiger partial charge in [0.2, 0.25) is 0 Å². The van der Waals surface area contributed by atoms with Crippen molar-refractivity contribution in [2.45, 2.75) is 26.3 Å². The Morgan fingerprint density at radius 2 is 2.00 bits per heavy atom. The fraction of sp³-hybridized carbons (Fsp3) is 0.235. The summed E-state index contributed by atoms with van der Waals surface area (Å²) in [6.45, 7) is 4.24. The molecule has 4 nitrogen and oxygen atoms in total. The van der Waals surface area contributed by atoms with Crippen LogP contribution in [0.4, 0.5) is 8.78 Å². The van der Waals surface area contributed by atoms with E-state index in [9.17, 15) is 8.78 Å². The van der Waals surface area contributed by atoms with Gasteiger partial charge in [-0.2, -0.15) is 19.1 Å². The van der Waals surface area contributed by atoms with Crippen molar-refractivity contribution in [3.8, 4) is 6.07 Å². The molecule has 3 rings (SSSR count). The minimum atomic E-state index is -3.62. The number of halogens is 3. The zero-order valence-corrected chi connectivity index (χ0v) is 15.2. The van der Waals surface area contributed by atoms with Crippen LogP contribution in [0.3, 0.4) is 0 Å². The summed E-state index contributed by atoms with van der Waals surface area (Å²) in [5, 5.41) is 13.8. The minimum Gasteiger partial charge on any atom is -0.242 e. The number of nitriles is 1. The summed E-state index contributed by atoms with van der Waals surface area (Å²) in [6, 6.07) is 9.68. The van der Waals surface area contributed by atoms with Crippen LogP contribution >= 0.6 is 22.6 Å². The van der Waals surface area contributed by atoms with Crippen LogP contribution in [-0.2, 0) is 12.5 Å². The molecule has 0 aliphatic heterocycles. The number of hydrogen-bond donors (Lipinski definition) is 0. The van der Waals surface area contributed by atoms with Crippen molar-refractivity contribution < 1.29 is 8.78 Å². The Bertz CT molecular complexity index is 952. The van der Waals surface area contributed by atoms with Crippen LogP contribution in [0.5, 0.6) is 0 Å². The zero-order chi connectivity index (χ0) is 17.5. The van der Waals surface area contributed by atoms with E-state index in [1.165, 1.54) is 6.07 Å². The summed E-state index contributed by atoms with van der Waals surface area (Å²) in [6.07, 6.45) is 0. The summed E-state index contributed by atoms with van der Waals surface area (Å²) in [7, 11) is 0. The summed E-state index contributed by atoms with van der Waals surface area (Å²) in [5.74, 6) is -3.62. The van der Waals surface area contributed by atoms with Crippen LogP contribution in [0.25, 0.3) is 11.0 Å². The van der Waals surface area contributed by atoms with E-state index in [-0.39, 0.29) is 0 Å². The van der Waals surface area contributed by atoms with E-state index in [0.717, 1.165) is 20.8 Å². The van der Waals surface area contributed by atoms with Crippen molar-refractivity contribution in [1.29, 1.82) is 5.26 Å². The third kappa shape index (κ3) is 2.86. The van der Waals surface area contributed by atoms with Crippen LogP contribution in [-0.4, -0.2) is 14.8 Å². The van der Waals surface area contributed by atoms with Crippen molar-refractivity contribution in [2.24, 2.45) is 0 Å². The van der Waals surface area contributed by atoms with Crippen molar-refractivity contribution in [3.63, 3.8) is 0 Å². The van der Waals surface area contributed by atoms with Gasteiger partial charge in [-0.25, -0.2) is 9.67 Å². The first-order valence-electron chi connectivity index (χ1n) is 7.21. The Hall–Kier alpha value is -2.08. The maximum atomic E-state index is 13.7. The molecule has 0 aliphatic rings. The van der Waals surface area contributed by atoms with Gasteiger partial charge in [-0.15, -0.1) is 0 Å². The smallest absolute Gasteiger partial charge is 0.242 e. The molecular weight excluding hydrogens is 425 g/mol. The number of aryl methyl sites for hydroxylation is 2. The van der Waals surface area contributed by atoms with E-state index in [1.807, 2.05) is 32.0 Å². The fourth-order valence-corrected chi connectivity index (χ4v) is 3.37. The molecule has 0 atom stereocenters. The molecule has 2 heterocycles. The summed E-state index contributed by atoms with van der Waals surface area (Å²) >= 11 is 2.24. The Kier molecular flexibility index (Phi) is 4.25. The van der Waals surface area contributed by atoms with Crippen molar-refractivity contribution in [1.82, 2.24) is 14.8 Å². The van der Waals surface area contributed by atoms with Crippen LogP contribution in [0.15, 0.2) is 30.3 Å². The van der Waals surface area contributed by atoms with Crippen LogP contribution in [0.2, 0.25) is 0 Å². The van der Waals surface area contributed by atoms with Crippen molar-refractivity contribution in [3.05, 3.63) is 56.4 Å². The van der Waals surface area contributed by atoms with Crippen molar-refractivity contribution in [2.75, 3.05) is 0 Å². The van der Waals surface area contributed by atoms with E-state index in [2.05, 4.69) is 32.7 Å². The van der Waals surface area contributed by atoms with Gasteiger partial charge < -0.3 is 0 Å². The number of benzene rings is 1. The molecule has 0 fully saturated rings. The van der Waals surface area contributed by atoms with Crippen LogP contribution in [0.1, 0.15) is 22.5 Å². The Labute approximate surface area is 151 Å². The average Bonchev–Trinajstić information content (AvgIpc) is 2.87. The molecule has 0 saturated carbocycles. The number of fused-ring (bicyclic) bond motifs is 1. The molecule has 122 valence electrons. The minimum absolute atomic E-state index is 0.360. The summed E-state index contributed by atoms with van der Waals surface area (Å²) < 4.78 is 30.0. The number of hydrogen-bond acceptors (Lipinski definition) is 3.